The molecule has 10 aromatic rings. The van der Waals surface area contributed by atoms with Gasteiger partial charge in [-0.3, -0.25) is 39.3 Å². The molecule has 12 rings (SSSR count). The Labute approximate surface area is 594 Å². The summed E-state index contributed by atoms with van der Waals surface area (Å²) in [7, 11) is 0. The van der Waals surface area contributed by atoms with Gasteiger partial charge >= 0.3 is 24.7 Å². The van der Waals surface area contributed by atoms with Gasteiger partial charge in [0.05, 0.1) is 111 Å². The highest BCUT2D eigenvalue weighted by atomic mass is 35.5. The summed E-state index contributed by atoms with van der Waals surface area (Å²) in [5, 5.41) is -1.34. The Morgan fingerprint density at radius 1 is 0.471 bits per heavy atom. The van der Waals surface area contributed by atoms with Gasteiger partial charge < -0.3 is 18.3 Å². The monoisotopic (exact) mass is 1550 g/mol. The summed E-state index contributed by atoms with van der Waals surface area (Å²) in [4.78, 5) is 49.4. The van der Waals surface area contributed by atoms with Crippen LogP contribution in [0.15, 0.2) is 82.2 Å². The number of anilines is 2. The normalized spacial score (nSPS) is 13.0. The van der Waals surface area contributed by atoms with E-state index in [1.807, 2.05) is 0 Å². The van der Waals surface area contributed by atoms with Crippen LogP contribution in [0.5, 0.6) is 11.5 Å². The van der Waals surface area contributed by atoms with Crippen molar-refractivity contribution in [2.45, 2.75) is 65.2 Å². The molecule has 0 radical (unpaired) electrons. The maximum atomic E-state index is 14.6. The van der Waals surface area contributed by atoms with Crippen LogP contribution >= 0.6 is 69.6 Å². The molecule has 102 heavy (non-hydrogen) atoms. The maximum absolute atomic E-state index is 14.6. The van der Waals surface area contributed by atoms with Gasteiger partial charge in [0.15, 0.2) is 36.2 Å². The molecule has 2 aliphatic rings. The zero-order valence-electron chi connectivity index (χ0n) is 51.7. The number of amides is 2. The van der Waals surface area contributed by atoms with Crippen LogP contribution in [-0.4, -0.2) is 68.0 Å². The molecule has 0 saturated heterocycles. The lowest BCUT2D eigenvalue weighted by atomic mass is 10.0. The largest absolute Gasteiger partial charge is 0.481 e. The molecule has 6 aromatic heterocycles. The van der Waals surface area contributed by atoms with Crippen molar-refractivity contribution >= 4 is 115 Å². The Balaban J connectivity index is 0.000000158. The van der Waals surface area contributed by atoms with Gasteiger partial charge in [0.25, 0.3) is 11.8 Å². The second-order valence-corrected chi connectivity index (χ2v) is 23.7. The van der Waals surface area contributed by atoms with Crippen molar-refractivity contribution in [2.24, 2.45) is 0 Å². The van der Waals surface area contributed by atoms with E-state index in [4.69, 9.17) is 101 Å². The lowest BCUT2D eigenvalue weighted by molar-refractivity contribution is -0.139. The molecule has 14 nitrogen and oxygen atoms in total. The van der Waals surface area contributed by atoms with Crippen LogP contribution in [0.3, 0.4) is 0 Å². The summed E-state index contributed by atoms with van der Waals surface area (Å²) >= 11 is 35.8. The number of aryl methyl sites for hydroxylation is 2. The van der Waals surface area contributed by atoms with E-state index in [0.717, 1.165) is 24.3 Å². The van der Waals surface area contributed by atoms with Crippen molar-refractivity contribution in [1.82, 2.24) is 29.9 Å². The number of benzene rings is 4. The predicted octanol–water partition coefficient (Wildman–Crippen LogP) is 20.3. The van der Waals surface area contributed by atoms with Crippen LogP contribution in [0.4, 0.5) is 81.6 Å². The van der Waals surface area contributed by atoms with Gasteiger partial charge in [-0.2, -0.15) is 52.7 Å². The van der Waals surface area contributed by atoms with E-state index in [0.29, 0.717) is 61.5 Å². The standard InChI is InChI=1S/C18H11ClF4N2O2.C17H9ClF4N2O2.C16H10Cl2F4N2O.C15H8Cl2F4N2O/c1-3-4-25-13-5-10(12(20)6-14(13)27-8-15(25)26)17-16(19)9(2)11(7-24-17)18(21,22)23;1-2-3-24-13-5-10(12(19)6-14(13)26-8-15(24)25)16-11(18)4-9(7-23-16)17(20,21)22;1-3-10-24-13-8(17)4-9(19)11(15(13)25-10)14-12(18)6(2)7(5-23-14)16(20,21)22;1-2-10-23-13-8(17)4-9(18)11(14(13)24-10)12-7(16)3-6(5-22-12)15(19,20)21/h1,5-7H,4,8H2,2H3;1,4-7H,3,8H2;4-5H,3H2,1-2H3;3-5H,2H2,1H3. The first-order valence-corrected chi connectivity index (χ1v) is 30.9. The van der Waals surface area contributed by atoms with Crippen molar-refractivity contribution in [1.29, 1.82) is 0 Å². The zero-order chi connectivity index (χ0) is 75.2. The van der Waals surface area contributed by atoms with Gasteiger partial charge in [-0.1, -0.05) is 95.3 Å². The second-order valence-electron chi connectivity index (χ2n) is 21.3. The predicted molar refractivity (Wildman–Crippen MR) is 345 cm³/mol. The number of alkyl halides is 12. The van der Waals surface area contributed by atoms with Gasteiger partial charge in [0.2, 0.25) is 0 Å². The number of rotatable bonds is 8. The molecule has 0 N–H and O–H groups in total. The third-order valence-corrected chi connectivity index (χ3v) is 16.9. The number of aromatic nitrogens is 6. The van der Waals surface area contributed by atoms with Crippen LogP contribution in [-0.2, 0) is 47.1 Å². The van der Waals surface area contributed by atoms with Crippen molar-refractivity contribution in [3.8, 4) is 81.2 Å². The fraction of sp³-hybridized carbons (Fsp3) is 0.212. The number of terminal acetylenes is 2. The lowest BCUT2D eigenvalue weighted by Crippen LogP contribution is -2.39. The van der Waals surface area contributed by atoms with Crippen LogP contribution in [0.2, 0.25) is 30.1 Å². The lowest BCUT2D eigenvalue weighted by Gasteiger charge is -2.28. The molecule has 4 aromatic carbocycles. The number of hydrogen-bond acceptors (Lipinski definition) is 12. The first-order chi connectivity index (χ1) is 47.7. The SMILES string of the molecule is C#CCN1C(=O)COc2cc(F)c(-c3ncc(C(F)(F)F)c(C)c3Cl)cc21.C#CCN1C(=O)COc2cc(F)c(-c3ncc(C(F)(F)F)cc3Cl)cc21.CCc1nc2c(Cl)cc(F)c(-c3ncc(C(F)(F)F)c(C)c3Cl)c2o1.CCc1nc2c(Cl)cc(F)c(-c3ncc(C(F)(F)F)cc3Cl)c2o1. The Kier molecular flexibility index (Phi) is 22.6. The molecule has 0 aliphatic carbocycles. The topological polar surface area (TPSA) is 163 Å². The highest BCUT2D eigenvalue weighted by molar-refractivity contribution is 6.37. The minimum atomic E-state index is -4.64. The Morgan fingerprint density at radius 3 is 1.21 bits per heavy atom. The first-order valence-electron chi connectivity index (χ1n) is 28.6. The number of carbonyl (C=O) groups is 2. The number of fused-ring (bicyclic) bond motifs is 4. The van der Waals surface area contributed by atoms with E-state index in [1.165, 1.54) is 35.8 Å². The highest BCUT2D eigenvalue weighted by Crippen LogP contribution is 2.47. The van der Waals surface area contributed by atoms with E-state index in [2.05, 4.69) is 41.7 Å². The van der Waals surface area contributed by atoms with Crippen LogP contribution in [0.1, 0.15) is 59.0 Å². The molecule has 36 heteroatoms. The molecular formula is C66H38Cl6F16N8O6. The molecular weight excluding hydrogens is 1520 g/mol. The third-order valence-electron chi connectivity index (χ3n) is 14.8. The van der Waals surface area contributed by atoms with Gasteiger partial charge in [0.1, 0.15) is 45.8 Å². The van der Waals surface area contributed by atoms with E-state index in [1.54, 1.807) is 13.8 Å². The third kappa shape index (κ3) is 15.8. The summed E-state index contributed by atoms with van der Waals surface area (Å²) in [6.45, 7) is 5.17. The van der Waals surface area contributed by atoms with Crippen molar-refractivity contribution in [3.05, 3.63) is 172 Å². The summed E-state index contributed by atoms with van der Waals surface area (Å²) < 4.78 is 234. The highest BCUT2D eigenvalue weighted by Gasteiger charge is 2.39. The second kappa shape index (κ2) is 30.0. The van der Waals surface area contributed by atoms with Gasteiger partial charge in [-0.25, -0.2) is 27.5 Å². The summed E-state index contributed by atoms with van der Waals surface area (Å²) in [6.07, 6.45) is -4.78. The van der Waals surface area contributed by atoms with E-state index < -0.39 is 82.0 Å². The molecule has 0 saturated carbocycles. The van der Waals surface area contributed by atoms with Crippen molar-refractivity contribution in [2.75, 3.05) is 36.1 Å². The average molecular weight is 1560 g/mol. The number of halogens is 22. The van der Waals surface area contributed by atoms with E-state index in [-0.39, 0.29) is 158 Å². The molecule has 0 unspecified atom stereocenters. The summed E-state index contributed by atoms with van der Waals surface area (Å²) in [5.41, 5.74) is -5.28. The number of hydrogen-bond donors (Lipinski definition) is 0. The Hall–Kier alpha value is -9.30. The molecule has 2 aliphatic heterocycles. The van der Waals surface area contributed by atoms with Crippen LogP contribution < -0.4 is 19.3 Å². The number of carbonyl (C=O) groups excluding carboxylic acids is 2. The summed E-state index contributed by atoms with van der Waals surface area (Å²) in [6, 6.07) is 7.83. The number of pyridine rings is 4. The van der Waals surface area contributed by atoms with Gasteiger partial charge in [-0.05, 0) is 61.4 Å². The minimum absolute atomic E-state index is 0.00425. The Bertz CT molecular complexity index is 5090. The summed E-state index contributed by atoms with van der Waals surface area (Å²) in [5.74, 6) is 1.30. The fourth-order valence-electron chi connectivity index (χ4n) is 9.85. The van der Waals surface area contributed by atoms with E-state index in [9.17, 15) is 79.8 Å². The van der Waals surface area contributed by atoms with E-state index >= 15 is 0 Å². The number of oxazole rings is 2. The molecule has 0 atom stereocenters. The average Bonchev–Trinajstić information content (AvgIpc) is 1.39. The van der Waals surface area contributed by atoms with Crippen molar-refractivity contribution < 1.29 is 98.1 Å². The fourth-order valence-corrected chi connectivity index (χ4v) is 11.3. The molecule has 8 heterocycles. The quantitative estimate of drug-likeness (QED) is 0.105. The minimum Gasteiger partial charge on any atom is -0.481 e. The number of nitrogens with zero attached hydrogens (tertiary/aromatic N) is 8. The molecule has 0 bridgehead atoms. The molecule has 2 amide bonds. The van der Waals surface area contributed by atoms with Crippen LogP contribution in [0.25, 0.3) is 67.2 Å². The number of ether oxygens (including phenoxy) is 2. The maximum Gasteiger partial charge on any atom is 0.418 e. The van der Waals surface area contributed by atoms with Gasteiger partial charge in [-0.15, -0.1) is 12.8 Å². The molecule has 532 valence electrons. The zero-order valence-corrected chi connectivity index (χ0v) is 56.2. The van der Waals surface area contributed by atoms with Crippen molar-refractivity contribution in [3.63, 3.8) is 0 Å². The van der Waals surface area contributed by atoms with Crippen LogP contribution in [0, 0.1) is 61.8 Å². The Morgan fingerprint density at radius 2 is 0.833 bits per heavy atom. The first kappa shape index (κ1) is 76.9. The molecule has 0 fully saturated rings. The molecule has 0 spiro atoms. The van der Waals surface area contributed by atoms with Gasteiger partial charge in [0, 0.05) is 60.9 Å². The smallest absolute Gasteiger partial charge is 0.418 e.